The highest BCUT2D eigenvalue weighted by atomic mass is 16.5. The van der Waals surface area contributed by atoms with E-state index in [4.69, 9.17) is 4.74 Å². The SMILES string of the molecule is COC(=O)C1CC(N(C)CCCc2ccccc2)CCN1C(=O)C(c1ccccc1)c1ccccc1. The van der Waals surface area contributed by atoms with Crippen molar-refractivity contribution >= 4 is 11.9 Å². The molecule has 2 atom stereocenters. The van der Waals surface area contributed by atoms with Gasteiger partial charge in [-0.15, -0.1) is 0 Å². The smallest absolute Gasteiger partial charge is 0.328 e. The molecule has 1 amide bonds. The van der Waals surface area contributed by atoms with E-state index in [9.17, 15) is 9.59 Å². The van der Waals surface area contributed by atoms with Gasteiger partial charge in [0.05, 0.1) is 13.0 Å². The van der Waals surface area contributed by atoms with E-state index < -0.39 is 12.0 Å². The molecule has 2 unspecified atom stereocenters. The topological polar surface area (TPSA) is 49.9 Å². The summed E-state index contributed by atoms with van der Waals surface area (Å²) < 4.78 is 5.18. The van der Waals surface area contributed by atoms with Crippen LogP contribution < -0.4 is 0 Å². The van der Waals surface area contributed by atoms with Crippen LogP contribution in [-0.4, -0.2) is 61.0 Å². The molecule has 0 bridgehead atoms. The Balaban J connectivity index is 1.48. The Labute approximate surface area is 214 Å². The summed E-state index contributed by atoms with van der Waals surface area (Å²) in [5.74, 6) is -0.849. The normalized spacial score (nSPS) is 17.8. The Hall–Kier alpha value is -3.44. The molecule has 0 spiro atoms. The van der Waals surface area contributed by atoms with Gasteiger partial charge >= 0.3 is 5.97 Å². The maximum Gasteiger partial charge on any atom is 0.328 e. The predicted molar refractivity (Wildman–Crippen MR) is 143 cm³/mol. The van der Waals surface area contributed by atoms with Crippen molar-refractivity contribution in [3.05, 3.63) is 108 Å². The molecule has 0 N–H and O–H groups in total. The molecule has 0 radical (unpaired) electrons. The van der Waals surface area contributed by atoms with E-state index in [0.29, 0.717) is 13.0 Å². The second-order valence-electron chi connectivity index (χ2n) is 9.57. The number of rotatable bonds is 9. The average Bonchev–Trinajstić information content (AvgIpc) is 2.94. The third kappa shape index (κ3) is 6.21. The maximum atomic E-state index is 14.0. The van der Waals surface area contributed by atoms with Gasteiger partial charge in [-0.2, -0.15) is 0 Å². The van der Waals surface area contributed by atoms with Gasteiger partial charge in [0.15, 0.2) is 0 Å². The number of benzene rings is 3. The second-order valence-corrected chi connectivity index (χ2v) is 9.57. The summed E-state index contributed by atoms with van der Waals surface area (Å²) in [5, 5.41) is 0. The van der Waals surface area contributed by atoms with E-state index in [-0.39, 0.29) is 17.9 Å². The third-order valence-corrected chi connectivity index (χ3v) is 7.29. The minimum Gasteiger partial charge on any atom is -0.467 e. The quantitative estimate of drug-likeness (QED) is 0.405. The van der Waals surface area contributed by atoms with Gasteiger partial charge in [0.1, 0.15) is 6.04 Å². The lowest BCUT2D eigenvalue weighted by molar-refractivity contribution is -0.156. The Morgan fingerprint density at radius 3 is 2.03 bits per heavy atom. The van der Waals surface area contributed by atoms with E-state index in [0.717, 1.165) is 36.9 Å². The Bertz CT molecular complexity index is 1060. The first kappa shape index (κ1) is 25.6. The molecule has 0 aromatic heterocycles. The summed E-state index contributed by atoms with van der Waals surface area (Å²) in [5.41, 5.74) is 3.20. The number of carbonyl (C=O) groups is 2. The zero-order chi connectivity index (χ0) is 25.3. The van der Waals surface area contributed by atoms with Gasteiger partial charge < -0.3 is 14.5 Å². The molecular formula is C31H36N2O3. The van der Waals surface area contributed by atoms with Crippen LogP contribution in [0.1, 0.15) is 41.9 Å². The molecule has 4 rings (SSSR count). The number of hydrogen-bond donors (Lipinski definition) is 0. The molecule has 1 saturated heterocycles. The van der Waals surface area contributed by atoms with Crippen molar-refractivity contribution in [2.45, 2.75) is 43.7 Å². The van der Waals surface area contributed by atoms with E-state index in [2.05, 4.69) is 36.2 Å². The molecule has 0 aliphatic carbocycles. The molecule has 5 nitrogen and oxygen atoms in total. The van der Waals surface area contributed by atoms with Crippen molar-refractivity contribution in [1.29, 1.82) is 0 Å². The van der Waals surface area contributed by atoms with Gasteiger partial charge in [-0.3, -0.25) is 4.79 Å². The van der Waals surface area contributed by atoms with Gasteiger partial charge in [-0.1, -0.05) is 91.0 Å². The predicted octanol–water partition coefficient (Wildman–Crippen LogP) is 4.92. The first-order valence-corrected chi connectivity index (χ1v) is 12.8. The van der Waals surface area contributed by atoms with Crippen molar-refractivity contribution in [1.82, 2.24) is 9.80 Å². The van der Waals surface area contributed by atoms with Crippen molar-refractivity contribution in [3.8, 4) is 0 Å². The van der Waals surface area contributed by atoms with Crippen LogP contribution in [0.3, 0.4) is 0 Å². The molecule has 5 heteroatoms. The molecule has 1 heterocycles. The zero-order valence-electron chi connectivity index (χ0n) is 21.3. The van der Waals surface area contributed by atoms with Crippen LogP contribution in [0.5, 0.6) is 0 Å². The monoisotopic (exact) mass is 484 g/mol. The molecule has 36 heavy (non-hydrogen) atoms. The van der Waals surface area contributed by atoms with Crippen molar-refractivity contribution in [2.75, 3.05) is 27.2 Å². The first-order valence-electron chi connectivity index (χ1n) is 12.8. The summed E-state index contributed by atoms with van der Waals surface area (Å²) in [6.45, 7) is 1.47. The standard InChI is InChI=1S/C31H36N2O3/c1-32(21-12-15-24-13-6-3-7-14-24)27-20-22-33(28(23-27)31(35)36-2)30(34)29(25-16-8-4-9-17-25)26-18-10-5-11-19-26/h3-11,13-14,16-19,27-29H,12,15,20-23H2,1-2H3. The van der Waals surface area contributed by atoms with Crippen LogP contribution in [0.4, 0.5) is 0 Å². The maximum absolute atomic E-state index is 14.0. The van der Waals surface area contributed by atoms with Gasteiger partial charge in [0, 0.05) is 12.6 Å². The molecule has 3 aromatic rings. The van der Waals surface area contributed by atoms with Crippen molar-refractivity contribution < 1.29 is 14.3 Å². The first-order chi connectivity index (χ1) is 17.6. The fourth-order valence-electron chi connectivity index (χ4n) is 5.26. The van der Waals surface area contributed by atoms with Crippen LogP contribution in [0.25, 0.3) is 0 Å². The summed E-state index contributed by atoms with van der Waals surface area (Å²) in [7, 11) is 3.53. The molecule has 3 aromatic carbocycles. The fraction of sp³-hybridized carbons (Fsp3) is 0.355. The highest BCUT2D eigenvalue weighted by Gasteiger charge is 2.40. The summed E-state index contributed by atoms with van der Waals surface area (Å²) in [6.07, 6.45) is 3.49. The molecule has 1 fully saturated rings. The summed E-state index contributed by atoms with van der Waals surface area (Å²) >= 11 is 0. The van der Waals surface area contributed by atoms with E-state index in [1.807, 2.05) is 66.7 Å². The lowest BCUT2D eigenvalue weighted by Gasteiger charge is -2.42. The van der Waals surface area contributed by atoms with Crippen LogP contribution >= 0.6 is 0 Å². The third-order valence-electron chi connectivity index (χ3n) is 7.29. The number of nitrogens with zero attached hydrogens (tertiary/aromatic N) is 2. The number of likely N-dealkylation sites (tertiary alicyclic amines) is 1. The van der Waals surface area contributed by atoms with Crippen LogP contribution in [0, 0.1) is 0 Å². The van der Waals surface area contributed by atoms with Crippen LogP contribution in [0.15, 0.2) is 91.0 Å². The van der Waals surface area contributed by atoms with Crippen LogP contribution in [0.2, 0.25) is 0 Å². The highest BCUT2D eigenvalue weighted by Crippen LogP contribution is 2.31. The highest BCUT2D eigenvalue weighted by molar-refractivity contribution is 5.91. The van der Waals surface area contributed by atoms with E-state index in [1.54, 1.807) is 4.90 Å². The fourth-order valence-corrected chi connectivity index (χ4v) is 5.26. The van der Waals surface area contributed by atoms with Crippen LogP contribution in [-0.2, 0) is 20.7 Å². The minimum absolute atomic E-state index is 0.0482. The summed E-state index contributed by atoms with van der Waals surface area (Å²) in [4.78, 5) is 31.0. The van der Waals surface area contributed by atoms with Crippen molar-refractivity contribution in [2.24, 2.45) is 0 Å². The number of aryl methyl sites for hydroxylation is 1. The van der Waals surface area contributed by atoms with Gasteiger partial charge in [-0.25, -0.2) is 4.79 Å². The minimum atomic E-state index is -0.590. The van der Waals surface area contributed by atoms with Gasteiger partial charge in [0.25, 0.3) is 0 Å². The number of esters is 1. The Kier molecular flexibility index (Phi) is 8.90. The Morgan fingerprint density at radius 1 is 0.917 bits per heavy atom. The molecular weight excluding hydrogens is 448 g/mol. The lowest BCUT2D eigenvalue weighted by Crippen LogP contribution is -2.55. The molecule has 0 saturated carbocycles. The molecule has 1 aliphatic heterocycles. The summed E-state index contributed by atoms with van der Waals surface area (Å²) in [6, 6.07) is 29.8. The number of carbonyl (C=O) groups excluding carboxylic acids is 2. The zero-order valence-corrected chi connectivity index (χ0v) is 21.3. The second kappa shape index (κ2) is 12.5. The largest absolute Gasteiger partial charge is 0.467 e. The van der Waals surface area contributed by atoms with E-state index >= 15 is 0 Å². The van der Waals surface area contributed by atoms with E-state index in [1.165, 1.54) is 12.7 Å². The Morgan fingerprint density at radius 2 is 1.47 bits per heavy atom. The number of amides is 1. The number of hydrogen-bond acceptors (Lipinski definition) is 4. The molecule has 188 valence electrons. The average molecular weight is 485 g/mol. The molecule has 1 aliphatic rings. The van der Waals surface area contributed by atoms with Gasteiger partial charge in [0.2, 0.25) is 5.91 Å². The number of piperidine rings is 1. The van der Waals surface area contributed by atoms with Gasteiger partial charge in [-0.05, 0) is 56.0 Å². The number of ether oxygens (including phenoxy) is 1. The number of methoxy groups -OCH3 is 1. The van der Waals surface area contributed by atoms with Crippen molar-refractivity contribution in [3.63, 3.8) is 0 Å². The lowest BCUT2D eigenvalue weighted by atomic mass is 9.87.